The highest BCUT2D eigenvalue weighted by Crippen LogP contribution is 2.34. The molecule has 0 aliphatic carbocycles. The molecular weight excluding hydrogens is 405 g/mol. The number of ether oxygens (including phenoxy) is 2. The Bertz CT molecular complexity index is 627. The Morgan fingerprint density at radius 2 is 1.71 bits per heavy atom. The highest BCUT2D eigenvalue weighted by molar-refractivity contribution is 9.11. The van der Waals surface area contributed by atoms with E-state index in [1.165, 1.54) is 6.07 Å². The molecule has 0 atom stereocenters. The Labute approximate surface area is 139 Å². The average Bonchev–Trinajstić information content (AvgIpc) is 2.46. The van der Waals surface area contributed by atoms with Crippen LogP contribution in [-0.2, 0) is 6.54 Å². The monoisotopic (exact) mass is 417 g/mol. The number of anilines is 1. The van der Waals surface area contributed by atoms with Crippen molar-refractivity contribution in [2.24, 2.45) is 0 Å². The van der Waals surface area contributed by atoms with E-state index in [4.69, 9.17) is 9.47 Å². The summed E-state index contributed by atoms with van der Waals surface area (Å²) in [5.41, 5.74) is 1.38. The van der Waals surface area contributed by atoms with Crippen molar-refractivity contribution in [2.45, 2.75) is 6.54 Å². The number of rotatable bonds is 5. The van der Waals surface area contributed by atoms with Crippen LogP contribution in [0.25, 0.3) is 0 Å². The standard InChI is InChI=1S/C15H14Br2FNO2/c1-20-10-3-4-13(18)14(7-10)19-8-9-5-11(16)15(21-2)12(17)6-9/h3-7,19H,8H2,1-2H3. The smallest absolute Gasteiger partial charge is 0.147 e. The van der Waals surface area contributed by atoms with Crippen molar-refractivity contribution in [3.63, 3.8) is 0 Å². The molecule has 2 aromatic carbocycles. The molecule has 0 spiro atoms. The molecule has 0 heterocycles. The zero-order valence-corrected chi connectivity index (χ0v) is 14.7. The summed E-state index contributed by atoms with van der Waals surface area (Å²) in [6, 6.07) is 8.44. The van der Waals surface area contributed by atoms with E-state index in [2.05, 4.69) is 37.2 Å². The van der Waals surface area contributed by atoms with E-state index < -0.39 is 0 Å². The molecule has 1 N–H and O–H groups in total. The molecule has 21 heavy (non-hydrogen) atoms. The molecule has 0 bridgehead atoms. The Morgan fingerprint density at radius 1 is 1.05 bits per heavy atom. The van der Waals surface area contributed by atoms with E-state index >= 15 is 0 Å². The normalized spacial score (nSPS) is 10.3. The van der Waals surface area contributed by atoms with Gasteiger partial charge in [-0.3, -0.25) is 0 Å². The summed E-state index contributed by atoms with van der Waals surface area (Å²) in [6.45, 7) is 0.477. The zero-order chi connectivity index (χ0) is 15.4. The molecule has 3 nitrogen and oxygen atoms in total. The summed E-state index contributed by atoms with van der Waals surface area (Å²) in [7, 11) is 3.16. The highest BCUT2D eigenvalue weighted by atomic mass is 79.9. The van der Waals surface area contributed by atoms with Crippen LogP contribution in [0.3, 0.4) is 0 Å². The fourth-order valence-corrected chi connectivity index (χ4v) is 3.48. The molecule has 2 rings (SSSR count). The van der Waals surface area contributed by atoms with Gasteiger partial charge in [0.15, 0.2) is 0 Å². The lowest BCUT2D eigenvalue weighted by Gasteiger charge is -2.12. The van der Waals surface area contributed by atoms with Crippen LogP contribution in [0, 0.1) is 5.82 Å². The van der Waals surface area contributed by atoms with Crippen molar-refractivity contribution in [1.29, 1.82) is 0 Å². The lowest BCUT2D eigenvalue weighted by atomic mass is 10.2. The number of benzene rings is 2. The lowest BCUT2D eigenvalue weighted by molar-refractivity contribution is 0.409. The molecule has 0 amide bonds. The largest absolute Gasteiger partial charge is 0.497 e. The second-order valence-electron chi connectivity index (χ2n) is 4.29. The van der Waals surface area contributed by atoms with Crippen molar-refractivity contribution in [3.8, 4) is 11.5 Å². The second-order valence-corrected chi connectivity index (χ2v) is 6.00. The first-order chi connectivity index (χ1) is 10.0. The fraction of sp³-hybridized carbons (Fsp3) is 0.200. The molecule has 6 heteroatoms. The van der Waals surface area contributed by atoms with Crippen LogP contribution in [0.2, 0.25) is 0 Å². The SMILES string of the molecule is COc1ccc(F)c(NCc2cc(Br)c(OC)c(Br)c2)c1. The Morgan fingerprint density at radius 3 is 2.29 bits per heavy atom. The van der Waals surface area contributed by atoms with Gasteiger partial charge in [0.05, 0.1) is 28.9 Å². The zero-order valence-electron chi connectivity index (χ0n) is 11.5. The molecule has 0 saturated heterocycles. The van der Waals surface area contributed by atoms with Gasteiger partial charge in [0.1, 0.15) is 17.3 Å². The summed E-state index contributed by atoms with van der Waals surface area (Å²) < 4.78 is 25.7. The van der Waals surface area contributed by atoms with Gasteiger partial charge in [-0.05, 0) is 61.7 Å². The van der Waals surface area contributed by atoms with Gasteiger partial charge < -0.3 is 14.8 Å². The summed E-state index contributed by atoms with van der Waals surface area (Å²) in [5, 5.41) is 3.06. The molecule has 0 unspecified atom stereocenters. The molecule has 0 aliphatic heterocycles. The molecule has 0 aliphatic rings. The van der Waals surface area contributed by atoms with E-state index in [0.29, 0.717) is 18.0 Å². The Hall–Kier alpha value is -1.27. The van der Waals surface area contributed by atoms with Gasteiger partial charge in [0.2, 0.25) is 0 Å². The Kier molecular flexibility index (Phi) is 5.47. The van der Waals surface area contributed by atoms with Gasteiger partial charge >= 0.3 is 0 Å². The third-order valence-corrected chi connectivity index (χ3v) is 4.10. The topological polar surface area (TPSA) is 30.5 Å². The minimum atomic E-state index is -0.317. The predicted octanol–water partition coefficient (Wildman–Crippen LogP) is 4.98. The van der Waals surface area contributed by atoms with Crippen molar-refractivity contribution < 1.29 is 13.9 Å². The molecule has 0 radical (unpaired) electrons. The van der Waals surface area contributed by atoms with E-state index in [1.54, 1.807) is 26.4 Å². The maximum atomic E-state index is 13.7. The minimum absolute atomic E-state index is 0.317. The van der Waals surface area contributed by atoms with Crippen LogP contribution in [-0.4, -0.2) is 14.2 Å². The molecule has 0 aromatic heterocycles. The maximum absolute atomic E-state index is 13.7. The number of hydrogen-bond acceptors (Lipinski definition) is 3. The van der Waals surface area contributed by atoms with E-state index in [-0.39, 0.29) is 5.82 Å². The van der Waals surface area contributed by atoms with Gasteiger partial charge in [-0.25, -0.2) is 4.39 Å². The van der Waals surface area contributed by atoms with Crippen LogP contribution >= 0.6 is 31.9 Å². The third-order valence-electron chi connectivity index (χ3n) is 2.92. The molecule has 0 fully saturated rings. The summed E-state index contributed by atoms with van der Waals surface area (Å²) in [4.78, 5) is 0. The van der Waals surface area contributed by atoms with Crippen molar-refractivity contribution >= 4 is 37.5 Å². The Balaban J connectivity index is 2.17. The summed E-state index contributed by atoms with van der Waals surface area (Å²) in [5.74, 6) is 1.02. The summed E-state index contributed by atoms with van der Waals surface area (Å²) in [6.07, 6.45) is 0. The first-order valence-electron chi connectivity index (χ1n) is 6.14. The van der Waals surface area contributed by atoms with Crippen molar-refractivity contribution in [1.82, 2.24) is 0 Å². The lowest BCUT2D eigenvalue weighted by Crippen LogP contribution is -2.02. The van der Waals surface area contributed by atoms with Gasteiger partial charge in [-0.2, -0.15) is 0 Å². The highest BCUT2D eigenvalue weighted by Gasteiger charge is 2.09. The van der Waals surface area contributed by atoms with Gasteiger partial charge in [-0.15, -0.1) is 0 Å². The molecular formula is C15H14Br2FNO2. The number of methoxy groups -OCH3 is 2. The first kappa shape index (κ1) is 16.1. The summed E-state index contributed by atoms with van der Waals surface area (Å²) >= 11 is 6.89. The van der Waals surface area contributed by atoms with Gasteiger partial charge in [0.25, 0.3) is 0 Å². The fourth-order valence-electron chi connectivity index (χ4n) is 1.87. The number of halogens is 3. The number of hydrogen-bond donors (Lipinski definition) is 1. The number of nitrogens with one attached hydrogen (secondary N) is 1. The molecule has 112 valence electrons. The van der Waals surface area contributed by atoms with Gasteiger partial charge in [-0.1, -0.05) is 0 Å². The van der Waals surface area contributed by atoms with E-state index in [1.807, 2.05) is 12.1 Å². The predicted molar refractivity (Wildman–Crippen MR) is 88.7 cm³/mol. The minimum Gasteiger partial charge on any atom is -0.497 e. The van der Waals surface area contributed by atoms with Crippen LogP contribution in [0.5, 0.6) is 11.5 Å². The first-order valence-corrected chi connectivity index (χ1v) is 7.73. The molecule has 0 saturated carbocycles. The van der Waals surface area contributed by atoms with E-state index in [9.17, 15) is 4.39 Å². The van der Waals surface area contributed by atoms with E-state index in [0.717, 1.165) is 20.3 Å². The third kappa shape index (κ3) is 3.89. The average molecular weight is 419 g/mol. The van der Waals surface area contributed by atoms with Gasteiger partial charge in [0, 0.05) is 12.6 Å². The van der Waals surface area contributed by atoms with Crippen LogP contribution in [0.1, 0.15) is 5.56 Å². The quantitative estimate of drug-likeness (QED) is 0.742. The van der Waals surface area contributed by atoms with Crippen LogP contribution in [0.4, 0.5) is 10.1 Å². The molecule has 2 aromatic rings. The maximum Gasteiger partial charge on any atom is 0.147 e. The van der Waals surface area contributed by atoms with Crippen LogP contribution < -0.4 is 14.8 Å². The van der Waals surface area contributed by atoms with Crippen molar-refractivity contribution in [3.05, 3.63) is 50.7 Å². The second kappa shape index (κ2) is 7.13. The van der Waals surface area contributed by atoms with Crippen LogP contribution in [0.15, 0.2) is 39.3 Å². The van der Waals surface area contributed by atoms with Crippen molar-refractivity contribution in [2.75, 3.05) is 19.5 Å².